The lowest BCUT2D eigenvalue weighted by atomic mass is 10.7. The van der Waals surface area contributed by atoms with Gasteiger partial charge in [-0.05, 0) is 0 Å². The molecule has 0 atom stereocenters. The topological polar surface area (TPSA) is 78.9 Å². The molecular weight excluding hydrogens is 192 g/mol. The molecule has 1 radical (unpaired) electrons. The number of carbonyl (C=O) groups excluding carboxylic acids is 3. The predicted octanol–water partition coefficient (Wildman–Crippen LogP) is 0.278. The lowest BCUT2D eigenvalue weighted by molar-refractivity contribution is -0.154. The van der Waals surface area contributed by atoms with Gasteiger partial charge in [0.1, 0.15) is 0 Å². The highest BCUT2D eigenvalue weighted by atomic mass is 16.7. The van der Waals surface area contributed by atoms with Crippen LogP contribution in [0.25, 0.3) is 0 Å². The minimum absolute atomic E-state index is 0.597. The van der Waals surface area contributed by atoms with E-state index in [1.54, 1.807) is 0 Å². The highest BCUT2D eigenvalue weighted by molar-refractivity contribution is 5.70. The zero-order valence-corrected chi connectivity index (χ0v) is 7.95. The van der Waals surface area contributed by atoms with Gasteiger partial charge in [-0.1, -0.05) is 0 Å². The molecule has 0 saturated carbocycles. The Bertz CT molecular complexity index is 260. The van der Waals surface area contributed by atoms with Crippen molar-refractivity contribution in [2.24, 2.45) is 0 Å². The molecule has 0 aliphatic carbocycles. The quantitative estimate of drug-likeness (QED) is 0.482. The van der Waals surface area contributed by atoms with Gasteiger partial charge in [0.25, 0.3) is 6.26 Å². The minimum atomic E-state index is -0.721. The Balaban J connectivity index is 4.37. The minimum Gasteiger partial charge on any atom is -0.415 e. The third-order valence-corrected chi connectivity index (χ3v) is 0.751. The fourth-order valence-electron chi connectivity index (χ4n) is 0.437. The van der Waals surface area contributed by atoms with Crippen LogP contribution >= 0.6 is 0 Å². The summed E-state index contributed by atoms with van der Waals surface area (Å²) in [4.78, 5) is 31.3. The first kappa shape index (κ1) is 12.2. The van der Waals surface area contributed by atoms with Crippen molar-refractivity contribution in [1.82, 2.24) is 0 Å². The van der Waals surface area contributed by atoms with Gasteiger partial charge in [-0.3, -0.25) is 14.4 Å². The van der Waals surface area contributed by atoms with Crippen molar-refractivity contribution in [3.8, 4) is 0 Å². The van der Waals surface area contributed by atoms with E-state index in [2.05, 4.69) is 14.2 Å². The number of rotatable bonds is 3. The Morgan fingerprint density at radius 3 is 1.57 bits per heavy atom. The Morgan fingerprint density at radius 1 is 0.857 bits per heavy atom. The van der Waals surface area contributed by atoms with E-state index in [4.69, 9.17) is 0 Å². The lowest BCUT2D eigenvalue weighted by Crippen LogP contribution is -2.08. The van der Waals surface area contributed by atoms with Gasteiger partial charge in [0.2, 0.25) is 0 Å². The van der Waals surface area contributed by atoms with Gasteiger partial charge in [0, 0.05) is 20.8 Å². The van der Waals surface area contributed by atoms with Crippen LogP contribution in [-0.2, 0) is 28.6 Å². The van der Waals surface area contributed by atoms with Gasteiger partial charge in [-0.2, -0.15) is 0 Å². The molecule has 6 nitrogen and oxygen atoms in total. The molecule has 0 aromatic heterocycles. The average molecular weight is 201 g/mol. The van der Waals surface area contributed by atoms with Crippen LogP contribution in [0.3, 0.4) is 0 Å². The molecule has 0 unspecified atom stereocenters. The molecule has 0 N–H and O–H groups in total. The van der Waals surface area contributed by atoms with Crippen LogP contribution in [0.15, 0.2) is 5.95 Å². The molecule has 0 aliphatic rings. The SMILES string of the molecule is CC(=O)O[C]=C(OC(C)=O)OC(C)=O. The first-order chi connectivity index (χ1) is 6.41. The van der Waals surface area contributed by atoms with Crippen molar-refractivity contribution < 1.29 is 28.6 Å². The van der Waals surface area contributed by atoms with Crippen molar-refractivity contribution in [3.63, 3.8) is 0 Å². The molecule has 0 aromatic rings. The van der Waals surface area contributed by atoms with Gasteiger partial charge in [-0.15, -0.1) is 0 Å². The maximum absolute atomic E-state index is 10.5. The summed E-state index contributed by atoms with van der Waals surface area (Å²) < 4.78 is 12.9. The van der Waals surface area contributed by atoms with Crippen LogP contribution in [0.2, 0.25) is 0 Å². The highest BCUT2D eigenvalue weighted by Crippen LogP contribution is 2.00. The number of esters is 3. The van der Waals surface area contributed by atoms with Crippen molar-refractivity contribution in [2.75, 3.05) is 0 Å². The van der Waals surface area contributed by atoms with Crippen LogP contribution in [0.1, 0.15) is 20.8 Å². The van der Waals surface area contributed by atoms with E-state index in [0.717, 1.165) is 20.8 Å². The summed E-state index contributed by atoms with van der Waals surface area (Å²) in [7, 11) is 0. The third-order valence-electron chi connectivity index (χ3n) is 0.751. The molecule has 77 valence electrons. The lowest BCUT2D eigenvalue weighted by Gasteiger charge is -2.03. The third kappa shape index (κ3) is 6.84. The summed E-state index contributed by atoms with van der Waals surface area (Å²) in [5.74, 6) is -2.72. The standard InChI is InChI=1S/C8H9O6/c1-5(9)12-4-8(13-6(2)10)14-7(3)11/h1-3H3. The molecule has 0 bridgehead atoms. The van der Waals surface area contributed by atoms with Crippen LogP contribution in [0, 0.1) is 6.26 Å². The van der Waals surface area contributed by atoms with Crippen molar-refractivity contribution >= 4 is 17.9 Å². The zero-order valence-electron chi connectivity index (χ0n) is 7.95. The zero-order chi connectivity index (χ0) is 11.1. The van der Waals surface area contributed by atoms with Gasteiger partial charge >= 0.3 is 23.9 Å². The Labute approximate surface area is 80.4 Å². The van der Waals surface area contributed by atoms with Crippen LogP contribution in [0.4, 0.5) is 0 Å². The van der Waals surface area contributed by atoms with E-state index in [1.807, 2.05) is 6.26 Å². The molecule has 0 heterocycles. The fourth-order valence-corrected chi connectivity index (χ4v) is 0.437. The van der Waals surface area contributed by atoms with E-state index >= 15 is 0 Å². The average Bonchev–Trinajstić information content (AvgIpc) is 1.97. The summed E-state index contributed by atoms with van der Waals surface area (Å²) in [5, 5.41) is 0. The van der Waals surface area contributed by atoms with E-state index in [-0.39, 0.29) is 0 Å². The maximum atomic E-state index is 10.5. The molecule has 6 heteroatoms. The summed E-state index contributed by atoms with van der Waals surface area (Å²) in [6.45, 7) is 3.31. The van der Waals surface area contributed by atoms with E-state index < -0.39 is 23.9 Å². The Hall–Kier alpha value is -1.85. The second-order valence-electron chi connectivity index (χ2n) is 2.17. The number of hydrogen-bond donors (Lipinski definition) is 0. The van der Waals surface area contributed by atoms with Crippen molar-refractivity contribution in [3.05, 3.63) is 12.2 Å². The Kier molecular flexibility index (Phi) is 4.98. The molecular formula is C8H9O6. The summed E-state index contributed by atoms with van der Waals surface area (Å²) >= 11 is 0. The van der Waals surface area contributed by atoms with Crippen molar-refractivity contribution in [1.29, 1.82) is 0 Å². The maximum Gasteiger partial charge on any atom is 0.344 e. The first-order valence-corrected chi connectivity index (χ1v) is 3.59. The number of hydrogen-bond acceptors (Lipinski definition) is 6. The van der Waals surface area contributed by atoms with Crippen LogP contribution in [0.5, 0.6) is 0 Å². The van der Waals surface area contributed by atoms with Crippen molar-refractivity contribution in [2.45, 2.75) is 20.8 Å². The second kappa shape index (κ2) is 5.74. The summed E-state index contributed by atoms with van der Waals surface area (Å²) in [6, 6.07) is 0. The molecule has 0 fully saturated rings. The molecule has 14 heavy (non-hydrogen) atoms. The highest BCUT2D eigenvalue weighted by Gasteiger charge is 2.09. The molecule has 0 spiro atoms. The first-order valence-electron chi connectivity index (χ1n) is 3.59. The van der Waals surface area contributed by atoms with E-state index in [9.17, 15) is 14.4 Å². The van der Waals surface area contributed by atoms with Gasteiger partial charge < -0.3 is 14.2 Å². The normalized spacial score (nSPS) is 8.50. The number of ether oxygens (including phenoxy) is 3. The monoisotopic (exact) mass is 201 g/mol. The molecule has 0 saturated heterocycles. The fraction of sp³-hybridized carbons (Fsp3) is 0.375. The molecule has 0 amide bonds. The predicted molar refractivity (Wildman–Crippen MR) is 42.1 cm³/mol. The Morgan fingerprint density at radius 2 is 1.29 bits per heavy atom. The second-order valence-corrected chi connectivity index (χ2v) is 2.17. The van der Waals surface area contributed by atoms with Gasteiger partial charge in [0.05, 0.1) is 0 Å². The van der Waals surface area contributed by atoms with E-state index in [1.165, 1.54) is 0 Å². The van der Waals surface area contributed by atoms with Crippen LogP contribution in [-0.4, -0.2) is 17.9 Å². The molecule has 0 aliphatic heterocycles. The van der Waals surface area contributed by atoms with Gasteiger partial charge in [-0.25, -0.2) is 0 Å². The van der Waals surface area contributed by atoms with Gasteiger partial charge in [0.15, 0.2) is 0 Å². The molecule has 0 rings (SSSR count). The summed E-state index contributed by atoms with van der Waals surface area (Å²) in [6.07, 6.45) is 1.86. The largest absolute Gasteiger partial charge is 0.415 e. The van der Waals surface area contributed by atoms with E-state index in [0.29, 0.717) is 0 Å². The molecule has 0 aromatic carbocycles. The smallest absolute Gasteiger partial charge is 0.344 e. The summed E-state index contributed by atoms with van der Waals surface area (Å²) in [5.41, 5.74) is 0. The number of carbonyl (C=O) groups is 3. The van der Waals surface area contributed by atoms with Crippen LogP contribution < -0.4 is 0 Å².